The minimum absolute atomic E-state index is 0. The normalized spacial score (nSPS) is 9.47. The van der Waals surface area contributed by atoms with Crippen LogP contribution < -0.4 is 0 Å². The highest BCUT2D eigenvalue weighted by Gasteiger charge is 1.56. The molecule has 2 aromatic rings. The molecule has 0 fully saturated rings. The molecule has 7 nitrogen and oxygen atoms in total. The predicted molar refractivity (Wildman–Crippen MR) is 56.0 cm³/mol. The van der Waals surface area contributed by atoms with Crippen LogP contribution in [0.15, 0.2) is 37.4 Å². The van der Waals surface area contributed by atoms with Crippen LogP contribution in [0, 0.1) is 0 Å². The van der Waals surface area contributed by atoms with Gasteiger partial charge in [0.2, 0.25) is 0 Å². The van der Waals surface area contributed by atoms with Crippen LogP contribution in [0.5, 0.6) is 0 Å². The van der Waals surface area contributed by atoms with Crippen LogP contribution in [-0.4, -0.2) is 33.3 Å². The number of hydrogen-bond donors (Lipinski definition) is 3. The number of nitrogens with zero attached hydrogens (tertiary/aromatic N) is 2. The Morgan fingerprint density at radius 1 is 1.13 bits per heavy atom. The maximum atomic E-state index is 8.56. The van der Waals surface area contributed by atoms with Crippen LogP contribution in [0.4, 0.5) is 0 Å². The first kappa shape index (κ1) is 16.2. The van der Waals surface area contributed by atoms with E-state index in [0.717, 1.165) is 0 Å². The molecular formula is C6H10ClN4O3S-. The number of hydrogen-bond acceptors (Lipinski definition) is 4. The lowest BCUT2D eigenvalue weighted by molar-refractivity contribution is 0.436. The van der Waals surface area contributed by atoms with Crippen molar-refractivity contribution in [2.24, 2.45) is 0 Å². The highest BCUT2D eigenvalue weighted by molar-refractivity contribution is 7.73. The van der Waals surface area contributed by atoms with E-state index in [1.54, 1.807) is 37.4 Å². The first-order valence-electron chi connectivity index (χ1n) is 3.37. The molecule has 3 N–H and O–H groups in total. The van der Waals surface area contributed by atoms with Crippen LogP contribution in [-0.2, 0) is 11.4 Å². The fourth-order valence-corrected chi connectivity index (χ4v) is 0.430. The van der Waals surface area contributed by atoms with Gasteiger partial charge in [-0.2, -0.15) is 0 Å². The zero-order valence-electron chi connectivity index (χ0n) is 7.44. The Balaban J connectivity index is 0. The lowest BCUT2D eigenvalue weighted by Gasteiger charge is -1.83. The summed E-state index contributed by atoms with van der Waals surface area (Å²) in [5.74, 6) is 0. The zero-order valence-corrected chi connectivity index (χ0v) is 9.07. The highest BCUT2D eigenvalue weighted by atomic mass is 35.5. The number of rotatable bonds is 0. The molecule has 0 aliphatic rings. The van der Waals surface area contributed by atoms with Crippen molar-refractivity contribution in [1.29, 1.82) is 0 Å². The topological polar surface area (TPSA) is 118 Å². The quantitative estimate of drug-likeness (QED) is 0.594. The van der Waals surface area contributed by atoms with Gasteiger partial charge in [0, 0.05) is 24.8 Å². The third kappa shape index (κ3) is 19.3. The molecule has 86 valence electrons. The van der Waals surface area contributed by atoms with E-state index in [9.17, 15) is 0 Å². The van der Waals surface area contributed by atoms with E-state index in [2.05, 4.69) is 19.9 Å². The summed E-state index contributed by atoms with van der Waals surface area (Å²) in [6.07, 6.45) is 10.2. The monoisotopic (exact) mass is 253 g/mol. The minimum Gasteiger partial charge on any atom is -0.750 e. The largest absolute Gasteiger partial charge is 0.750 e. The Labute approximate surface area is 94.9 Å². The first-order valence-corrected chi connectivity index (χ1v) is 4.40. The van der Waals surface area contributed by atoms with Gasteiger partial charge in [-0.05, 0) is 0 Å². The number of aromatic nitrogens is 4. The van der Waals surface area contributed by atoms with Gasteiger partial charge in [-0.3, -0.25) is 0 Å². The number of H-pyrrole nitrogens is 2. The van der Waals surface area contributed by atoms with E-state index >= 15 is 0 Å². The number of nitrogens with one attached hydrogen (secondary N) is 2. The molecule has 0 bridgehead atoms. The van der Waals surface area contributed by atoms with Crippen molar-refractivity contribution in [1.82, 2.24) is 19.9 Å². The molecule has 2 aromatic heterocycles. The maximum absolute atomic E-state index is 8.56. The molecule has 0 aromatic carbocycles. The second-order valence-electron chi connectivity index (χ2n) is 1.74. The van der Waals surface area contributed by atoms with Gasteiger partial charge in [-0.15, -0.1) is 12.4 Å². The van der Waals surface area contributed by atoms with Crippen LogP contribution >= 0.6 is 12.4 Å². The Kier molecular flexibility index (Phi) is 13.8. The second-order valence-corrected chi connectivity index (χ2v) is 2.17. The molecule has 0 saturated carbocycles. The Hall–Kier alpha value is -1.22. The average Bonchev–Trinajstić information content (AvgIpc) is 2.83. The van der Waals surface area contributed by atoms with Crippen molar-refractivity contribution in [2.45, 2.75) is 0 Å². The van der Waals surface area contributed by atoms with Gasteiger partial charge in [0.1, 0.15) is 0 Å². The van der Waals surface area contributed by atoms with Crippen LogP contribution in [0.3, 0.4) is 0 Å². The summed E-state index contributed by atoms with van der Waals surface area (Å²) >= 11 is -2.86. The molecule has 1 atom stereocenters. The lowest BCUT2D eigenvalue weighted by Crippen LogP contribution is -1.75. The van der Waals surface area contributed by atoms with Gasteiger partial charge in [-0.1, -0.05) is 0 Å². The molecule has 0 radical (unpaired) electrons. The molecule has 0 saturated heterocycles. The van der Waals surface area contributed by atoms with E-state index in [1.165, 1.54) is 0 Å². The zero-order chi connectivity index (χ0) is 10.6. The number of halogens is 1. The van der Waals surface area contributed by atoms with Crippen molar-refractivity contribution >= 4 is 23.8 Å². The third-order valence-electron chi connectivity index (χ3n) is 0.812. The average molecular weight is 254 g/mol. The van der Waals surface area contributed by atoms with Gasteiger partial charge in [-0.25, -0.2) is 14.2 Å². The van der Waals surface area contributed by atoms with E-state index in [4.69, 9.17) is 13.3 Å². The smallest absolute Gasteiger partial charge is 0.0919 e. The minimum atomic E-state index is -2.86. The molecule has 0 aliphatic carbocycles. The second kappa shape index (κ2) is 12.8. The van der Waals surface area contributed by atoms with Gasteiger partial charge in [0.25, 0.3) is 0 Å². The summed E-state index contributed by atoms with van der Waals surface area (Å²) in [4.78, 5) is 12.8. The lowest BCUT2D eigenvalue weighted by atomic mass is 11.0. The fourth-order valence-electron chi connectivity index (χ4n) is 0.430. The summed E-state index contributed by atoms with van der Waals surface area (Å²) in [7, 11) is 0. The summed E-state index contributed by atoms with van der Waals surface area (Å²) in [6.45, 7) is 0. The van der Waals surface area contributed by atoms with Crippen molar-refractivity contribution < 1.29 is 13.3 Å². The van der Waals surface area contributed by atoms with Crippen LogP contribution in [0.1, 0.15) is 0 Å². The fraction of sp³-hybridized carbons (Fsp3) is 0. The summed E-state index contributed by atoms with van der Waals surface area (Å²) < 4.78 is 24.1. The maximum Gasteiger partial charge on any atom is 0.0919 e. The van der Waals surface area contributed by atoms with Crippen molar-refractivity contribution in [2.75, 3.05) is 0 Å². The molecule has 0 aliphatic heterocycles. The van der Waals surface area contributed by atoms with Crippen molar-refractivity contribution in [3.63, 3.8) is 0 Å². The van der Waals surface area contributed by atoms with Gasteiger partial charge in [0.05, 0.1) is 24.0 Å². The Bertz CT molecular complexity index is 237. The first-order chi connectivity index (χ1) is 6.73. The van der Waals surface area contributed by atoms with E-state index in [1.807, 2.05) is 0 Å². The SMILES string of the molecule is Cl.O=S([O-])O.c1c[nH]cn1.c1c[nH]cn1. The molecular weight excluding hydrogens is 244 g/mol. The summed E-state index contributed by atoms with van der Waals surface area (Å²) in [5.41, 5.74) is 0. The predicted octanol–water partition coefficient (Wildman–Crippen LogP) is 0.580. The van der Waals surface area contributed by atoms with Gasteiger partial charge < -0.3 is 19.1 Å². The van der Waals surface area contributed by atoms with Gasteiger partial charge >= 0.3 is 0 Å². The van der Waals surface area contributed by atoms with Crippen molar-refractivity contribution in [3.05, 3.63) is 37.4 Å². The molecule has 0 amide bonds. The third-order valence-corrected chi connectivity index (χ3v) is 0.812. The molecule has 2 heterocycles. The molecule has 15 heavy (non-hydrogen) atoms. The van der Waals surface area contributed by atoms with Crippen LogP contribution in [0.25, 0.3) is 0 Å². The Morgan fingerprint density at radius 3 is 1.53 bits per heavy atom. The van der Waals surface area contributed by atoms with E-state index < -0.39 is 11.4 Å². The number of imidazole rings is 2. The molecule has 0 spiro atoms. The summed E-state index contributed by atoms with van der Waals surface area (Å²) in [5, 5.41) is 0. The molecule has 9 heteroatoms. The van der Waals surface area contributed by atoms with Gasteiger partial charge in [0.15, 0.2) is 0 Å². The van der Waals surface area contributed by atoms with Crippen LogP contribution in [0.2, 0.25) is 0 Å². The molecule has 2 rings (SSSR count). The van der Waals surface area contributed by atoms with Crippen molar-refractivity contribution in [3.8, 4) is 0 Å². The summed E-state index contributed by atoms with van der Waals surface area (Å²) in [6, 6.07) is 0. The van der Waals surface area contributed by atoms with E-state index in [0.29, 0.717) is 0 Å². The standard InChI is InChI=1S/2C3H4N2.ClH.H2O3S/c2*1-2-5-3-4-1;;1-4(2)3/h2*1-3H,(H,4,5);1H;(H2,1,2,3)/p-1. The Morgan fingerprint density at radius 2 is 1.47 bits per heavy atom. The molecule has 1 unspecified atom stereocenters. The highest BCUT2D eigenvalue weighted by Crippen LogP contribution is 1.63. The van der Waals surface area contributed by atoms with E-state index in [-0.39, 0.29) is 12.4 Å². The number of aromatic amines is 2.